The molecular formula is C37H32. The molecule has 0 heterocycles. The molecule has 0 nitrogen and oxygen atoms in total. The SMILES string of the molecule is Cc1ccc(-c2ccc(CCC(Cc3cccc4ccccc34)c3cccc4ccccc34)cc2)cc1. The summed E-state index contributed by atoms with van der Waals surface area (Å²) in [5.74, 6) is 0.439. The van der Waals surface area contributed by atoms with E-state index >= 15 is 0 Å². The van der Waals surface area contributed by atoms with Gasteiger partial charge >= 0.3 is 0 Å². The smallest absolute Gasteiger partial charge is 0.0112 e. The largest absolute Gasteiger partial charge is 0.0616 e. The van der Waals surface area contributed by atoms with Crippen LogP contribution in [0.4, 0.5) is 0 Å². The van der Waals surface area contributed by atoms with Crippen molar-refractivity contribution in [3.63, 3.8) is 0 Å². The molecule has 6 rings (SSSR count). The molecule has 0 N–H and O–H groups in total. The molecular weight excluding hydrogens is 444 g/mol. The van der Waals surface area contributed by atoms with Crippen LogP contribution in [0.25, 0.3) is 32.7 Å². The van der Waals surface area contributed by atoms with Gasteiger partial charge in [-0.1, -0.05) is 139 Å². The van der Waals surface area contributed by atoms with Crippen molar-refractivity contribution in [2.24, 2.45) is 0 Å². The normalized spacial score (nSPS) is 12.1. The fourth-order valence-electron chi connectivity index (χ4n) is 5.66. The highest BCUT2D eigenvalue weighted by Gasteiger charge is 2.17. The lowest BCUT2D eigenvalue weighted by Crippen LogP contribution is -2.06. The predicted octanol–water partition coefficient (Wildman–Crippen LogP) is 9.93. The minimum Gasteiger partial charge on any atom is -0.0616 e. The molecule has 0 aliphatic heterocycles. The number of rotatable bonds is 7. The lowest BCUT2D eigenvalue weighted by Gasteiger charge is -2.21. The van der Waals surface area contributed by atoms with Gasteiger partial charge in [-0.15, -0.1) is 0 Å². The summed E-state index contributed by atoms with van der Waals surface area (Å²) in [5, 5.41) is 5.40. The van der Waals surface area contributed by atoms with E-state index in [2.05, 4.69) is 140 Å². The molecule has 0 radical (unpaired) electrons. The van der Waals surface area contributed by atoms with Crippen molar-refractivity contribution in [1.29, 1.82) is 0 Å². The van der Waals surface area contributed by atoms with Crippen LogP contribution < -0.4 is 0 Å². The zero-order valence-electron chi connectivity index (χ0n) is 21.4. The molecule has 0 spiro atoms. The Morgan fingerprint density at radius 3 is 1.81 bits per heavy atom. The lowest BCUT2D eigenvalue weighted by molar-refractivity contribution is 0.627. The van der Waals surface area contributed by atoms with E-state index in [1.54, 1.807) is 0 Å². The molecule has 180 valence electrons. The van der Waals surface area contributed by atoms with Crippen molar-refractivity contribution in [2.75, 3.05) is 0 Å². The zero-order valence-corrected chi connectivity index (χ0v) is 21.4. The Morgan fingerprint density at radius 2 is 1.08 bits per heavy atom. The van der Waals surface area contributed by atoms with Crippen LogP contribution in [0.3, 0.4) is 0 Å². The highest BCUT2D eigenvalue weighted by molar-refractivity contribution is 5.87. The molecule has 0 amide bonds. The topological polar surface area (TPSA) is 0 Å². The number of hydrogen-bond donors (Lipinski definition) is 0. The maximum Gasteiger partial charge on any atom is -0.0112 e. The summed E-state index contributed by atoms with van der Waals surface area (Å²) in [4.78, 5) is 0. The van der Waals surface area contributed by atoms with Gasteiger partial charge in [0.1, 0.15) is 0 Å². The van der Waals surface area contributed by atoms with Gasteiger partial charge < -0.3 is 0 Å². The second-order valence-electron chi connectivity index (χ2n) is 10.2. The van der Waals surface area contributed by atoms with E-state index in [0.29, 0.717) is 5.92 Å². The van der Waals surface area contributed by atoms with Crippen molar-refractivity contribution < 1.29 is 0 Å². The molecule has 1 unspecified atom stereocenters. The molecule has 0 aliphatic rings. The molecule has 0 saturated carbocycles. The third kappa shape index (κ3) is 5.06. The third-order valence-corrected chi connectivity index (χ3v) is 7.73. The Kier molecular flexibility index (Phi) is 6.57. The van der Waals surface area contributed by atoms with E-state index in [1.807, 2.05) is 0 Å². The first-order valence-electron chi connectivity index (χ1n) is 13.3. The summed E-state index contributed by atoms with van der Waals surface area (Å²) in [5.41, 5.74) is 8.16. The highest BCUT2D eigenvalue weighted by Crippen LogP contribution is 2.34. The van der Waals surface area contributed by atoms with Gasteiger partial charge in [0.25, 0.3) is 0 Å². The summed E-state index contributed by atoms with van der Waals surface area (Å²) in [6, 6.07) is 49.2. The molecule has 0 bridgehead atoms. The third-order valence-electron chi connectivity index (χ3n) is 7.73. The fourth-order valence-corrected chi connectivity index (χ4v) is 5.66. The van der Waals surface area contributed by atoms with Gasteiger partial charge in [0.05, 0.1) is 0 Å². The molecule has 37 heavy (non-hydrogen) atoms. The standard InChI is InChI=1S/C37H32/c1-27-16-21-29(22-17-27)30-23-18-28(19-24-30)20-25-34(37-15-7-11-32-9-3-5-14-36(32)37)26-33-12-6-10-31-8-2-4-13-35(31)33/h2-19,21-24,34H,20,25-26H2,1H3. The Labute approximate surface area is 220 Å². The molecule has 0 aromatic heterocycles. The van der Waals surface area contributed by atoms with Gasteiger partial charge in [0.15, 0.2) is 0 Å². The summed E-state index contributed by atoms with van der Waals surface area (Å²) in [7, 11) is 0. The first-order valence-corrected chi connectivity index (χ1v) is 13.3. The van der Waals surface area contributed by atoms with Crippen LogP contribution >= 0.6 is 0 Å². The number of benzene rings is 6. The van der Waals surface area contributed by atoms with E-state index in [-0.39, 0.29) is 0 Å². The van der Waals surface area contributed by atoms with Crippen LogP contribution in [0, 0.1) is 6.92 Å². The number of aryl methyl sites for hydroxylation is 2. The molecule has 0 aliphatic carbocycles. The molecule has 6 aromatic carbocycles. The van der Waals surface area contributed by atoms with E-state index in [4.69, 9.17) is 0 Å². The van der Waals surface area contributed by atoms with E-state index in [9.17, 15) is 0 Å². The van der Waals surface area contributed by atoms with Crippen LogP contribution in [0.5, 0.6) is 0 Å². The van der Waals surface area contributed by atoms with Crippen molar-refractivity contribution in [3.8, 4) is 11.1 Å². The van der Waals surface area contributed by atoms with Gasteiger partial charge in [0, 0.05) is 0 Å². The molecule has 0 heteroatoms. The maximum absolute atomic E-state index is 2.35. The minimum absolute atomic E-state index is 0.439. The van der Waals surface area contributed by atoms with Gasteiger partial charge in [0.2, 0.25) is 0 Å². The maximum atomic E-state index is 2.35. The quantitative estimate of drug-likeness (QED) is 0.215. The van der Waals surface area contributed by atoms with Gasteiger partial charge in [-0.25, -0.2) is 0 Å². The minimum atomic E-state index is 0.439. The van der Waals surface area contributed by atoms with Crippen molar-refractivity contribution >= 4 is 21.5 Å². The number of hydrogen-bond acceptors (Lipinski definition) is 0. The Balaban J connectivity index is 1.31. The Hall–Kier alpha value is -4.16. The van der Waals surface area contributed by atoms with Crippen molar-refractivity contribution in [3.05, 3.63) is 156 Å². The summed E-state index contributed by atoms with van der Waals surface area (Å²) < 4.78 is 0. The van der Waals surface area contributed by atoms with Gasteiger partial charge in [-0.05, 0) is 81.5 Å². The number of fused-ring (bicyclic) bond motifs is 2. The Bertz CT molecular complexity index is 1630. The van der Waals surface area contributed by atoms with Gasteiger partial charge in [-0.3, -0.25) is 0 Å². The molecule has 0 saturated heterocycles. The van der Waals surface area contributed by atoms with E-state index in [1.165, 1.54) is 54.9 Å². The predicted molar refractivity (Wildman–Crippen MR) is 159 cm³/mol. The zero-order chi connectivity index (χ0) is 25.0. The summed E-state index contributed by atoms with van der Waals surface area (Å²) >= 11 is 0. The first kappa shape index (κ1) is 23.3. The fraction of sp³-hybridized carbons (Fsp3) is 0.135. The monoisotopic (exact) mass is 476 g/mol. The van der Waals surface area contributed by atoms with Crippen LogP contribution in [-0.4, -0.2) is 0 Å². The second-order valence-corrected chi connectivity index (χ2v) is 10.2. The van der Waals surface area contributed by atoms with Crippen LogP contribution in [0.2, 0.25) is 0 Å². The lowest BCUT2D eigenvalue weighted by atomic mass is 9.83. The van der Waals surface area contributed by atoms with Crippen LogP contribution in [-0.2, 0) is 12.8 Å². The average Bonchev–Trinajstić information content (AvgIpc) is 2.96. The summed E-state index contributed by atoms with van der Waals surface area (Å²) in [6.07, 6.45) is 3.21. The highest BCUT2D eigenvalue weighted by atomic mass is 14.2. The first-order chi connectivity index (χ1) is 18.2. The van der Waals surface area contributed by atoms with Gasteiger partial charge in [-0.2, -0.15) is 0 Å². The molecule has 1 atom stereocenters. The summed E-state index contributed by atoms with van der Waals surface area (Å²) in [6.45, 7) is 2.14. The van der Waals surface area contributed by atoms with Crippen molar-refractivity contribution in [2.45, 2.75) is 32.1 Å². The van der Waals surface area contributed by atoms with E-state index < -0.39 is 0 Å². The van der Waals surface area contributed by atoms with Crippen molar-refractivity contribution in [1.82, 2.24) is 0 Å². The van der Waals surface area contributed by atoms with Crippen LogP contribution in [0.15, 0.2) is 133 Å². The second kappa shape index (κ2) is 10.4. The Morgan fingerprint density at radius 1 is 0.514 bits per heavy atom. The van der Waals surface area contributed by atoms with Crippen LogP contribution in [0.1, 0.15) is 34.6 Å². The van der Waals surface area contributed by atoms with E-state index in [0.717, 1.165) is 19.3 Å². The molecule has 0 fully saturated rings. The average molecular weight is 477 g/mol. The molecule has 6 aromatic rings.